The van der Waals surface area contributed by atoms with Gasteiger partial charge in [-0.25, -0.2) is 0 Å². The van der Waals surface area contributed by atoms with Crippen LogP contribution in [0.2, 0.25) is 0 Å². The van der Waals surface area contributed by atoms with Gasteiger partial charge < -0.3 is 10.1 Å². The zero-order valence-electron chi connectivity index (χ0n) is 9.08. The van der Waals surface area contributed by atoms with E-state index in [1.807, 2.05) is 19.2 Å². The van der Waals surface area contributed by atoms with Crippen LogP contribution in [0.4, 0.5) is 0 Å². The van der Waals surface area contributed by atoms with Crippen LogP contribution in [-0.4, -0.2) is 19.1 Å². The van der Waals surface area contributed by atoms with Gasteiger partial charge in [-0.05, 0) is 25.6 Å². The Bertz CT molecular complexity index is 276. The molecule has 0 bridgehead atoms. The van der Waals surface area contributed by atoms with Crippen LogP contribution < -0.4 is 10.1 Å². The Morgan fingerprint density at radius 2 is 2.36 bits per heavy atom. The zero-order valence-corrected chi connectivity index (χ0v) is 9.08. The molecule has 1 rings (SSSR count). The molecule has 0 amide bonds. The van der Waals surface area contributed by atoms with Crippen LogP contribution in [0, 0.1) is 0 Å². The predicted molar refractivity (Wildman–Crippen MR) is 57.5 cm³/mol. The Labute approximate surface area is 85.5 Å². The molecule has 1 aromatic rings. The van der Waals surface area contributed by atoms with Crippen LogP contribution in [0.5, 0.6) is 5.75 Å². The Balaban J connectivity index is 2.90. The van der Waals surface area contributed by atoms with Gasteiger partial charge >= 0.3 is 0 Å². The first kappa shape index (κ1) is 11.0. The van der Waals surface area contributed by atoms with E-state index in [-0.39, 0.29) is 6.04 Å². The van der Waals surface area contributed by atoms with Crippen molar-refractivity contribution in [2.45, 2.75) is 25.8 Å². The van der Waals surface area contributed by atoms with Crippen molar-refractivity contribution in [3.05, 3.63) is 24.0 Å². The first-order chi connectivity index (χ1) is 6.83. The van der Waals surface area contributed by atoms with Crippen molar-refractivity contribution in [3.63, 3.8) is 0 Å². The Morgan fingerprint density at radius 1 is 1.57 bits per heavy atom. The molecule has 3 nitrogen and oxygen atoms in total. The molecule has 0 saturated carbocycles. The smallest absolute Gasteiger partial charge is 0.141 e. The second-order valence-corrected chi connectivity index (χ2v) is 3.22. The highest BCUT2D eigenvalue weighted by molar-refractivity contribution is 5.29. The monoisotopic (exact) mass is 194 g/mol. The maximum Gasteiger partial charge on any atom is 0.141 e. The van der Waals surface area contributed by atoms with Gasteiger partial charge in [0.25, 0.3) is 0 Å². The molecule has 14 heavy (non-hydrogen) atoms. The fourth-order valence-electron chi connectivity index (χ4n) is 1.54. The van der Waals surface area contributed by atoms with E-state index in [1.54, 1.807) is 13.3 Å². The standard InChI is InChI=1S/C11H18N2O/c1-4-6-9(12-2)11-10(14-3)7-5-8-13-11/h5,7-9,12H,4,6H2,1-3H3. The van der Waals surface area contributed by atoms with Crippen LogP contribution in [0.1, 0.15) is 31.5 Å². The number of aromatic nitrogens is 1. The highest BCUT2D eigenvalue weighted by Crippen LogP contribution is 2.24. The third kappa shape index (κ3) is 2.45. The fourth-order valence-corrected chi connectivity index (χ4v) is 1.54. The van der Waals surface area contributed by atoms with Crippen molar-refractivity contribution in [2.75, 3.05) is 14.2 Å². The number of rotatable bonds is 5. The maximum absolute atomic E-state index is 5.27. The molecule has 1 aromatic heterocycles. The van der Waals surface area contributed by atoms with E-state index in [9.17, 15) is 0 Å². The second kappa shape index (κ2) is 5.60. The van der Waals surface area contributed by atoms with E-state index in [0.717, 1.165) is 24.3 Å². The van der Waals surface area contributed by atoms with Gasteiger partial charge in [-0.2, -0.15) is 0 Å². The predicted octanol–water partition coefficient (Wildman–Crippen LogP) is 2.15. The molecule has 0 aliphatic heterocycles. The van der Waals surface area contributed by atoms with E-state index < -0.39 is 0 Å². The summed E-state index contributed by atoms with van der Waals surface area (Å²) >= 11 is 0. The third-order valence-corrected chi connectivity index (χ3v) is 2.28. The van der Waals surface area contributed by atoms with Crippen molar-refractivity contribution < 1.29 is 4.74 Å². The number of methoxy groups -OCH3 is 1. The number of hydrogen-bond donors (Lipinski definition) is 1. The summed E-state index contributed by atoms with van der Waals surface area (Å²) in [6, 6.07) is 4.12. The fraction of sp³-hybridized carbons (Fsp3) is 0.545. The SMILES string of the molecule is CCCC(NC)c1ncccc1OC. The van der Waals surface area contributed by atoms with Gasteiger partial charge in [0, 0.05) is 6.20 Å². The van der Waals surface area contributed by atoms with Gasteiger partial charge in [0.05, 0.1) is 18.8 Å². The molecule has 0 saturated heterocycles. The molecule has 0 aliphatic rings. The molecule has 3 heteroatoms. The molecule has 0 radical (unpaired) electrons. The molecule has 0 aliphatic carbocycles. The second-order valence-electron chi connectivity index (χ2n) is 3.22. The van der Waals surface area contributed by atoms with Crippen molar-refractivity contribution in [2.24, 2.45) is 0 Å². The molecule has 0 aromatic carbocycles. The average molecular weight is 194 g/mol. The normalized spacial score (nSPS) is 12.5. The lowest BCUT2D eigenvalue weighted by molar-refractivity contribution is 0.393. The van der Waals surface area contributed by atoms with Crippen molar-refractivity contribution in [1.29, 1.82) is 0 Å². The minimum atomic E-state index is 0.288. The van der Waals surface area contributed by atoms with E-state index in [1.165, 1.54) is 0 Å². The van der Waals surface area contributed by atoms with E-state index in [0.29, 0.717) is 0 Å². The van der Waals surface area contributed by atoms with E-state index in [2.05, 4.69) is 17.2 Å². The van der Waals surface area contributed by atoms with Crippen LogP contribution in [0.15, 0.2) is 18.3 Å². The minimum absolute atomic E-state index is 0.288. The molecule has 0 fully saturated rings. The Kier molecular flexibility index (Phi) is 4.40. The molecule has 1 N–H and O–H groups in total. The number of pyridine rings is 1. The summed E-state index contributed by atoms with van der Waals surface area (Å²) in [6.45, 7) is 2.17. The third-order valence-electron chi connectivity index (χ3n) is 2.28. The summed E-state index contributed by atoms with van der Waals surface area (Å²) in [4.78, 5) is 4.35. The lowest BCUT2D eigenvalue weighted by atomic mass is 10.1. The van der Waals surface area contributed by atoms with Crippen LogP contribution in [0.25, 0.3) is 0 Å². The van der Waals surface area contributed by atoms with Crippen molar-refractivity contribution in [3.8, 4) is 5.75 Å². The Hall–Kier alpha value is -1.09. The van der Waals surface area contributed by atoms with Gasteiger partial charge in [-0.15, -0.1) is 0 Å². The number of ether oxygens (including phenoxy) is 1. The average Bonchev–Trinajstić information content (AvgIpc) is 2.26. The summed E-state index contributed by atoms with van der Waals surface area (Å²) in [7, 11) is 3.63. The molecule has 1 atom stereocenters. The minimum Gasteiger partial charge on any atom is -0.495 e. The quantitative estimate of drug-likeness (QED) is 0.780. The first-order valence-corrected chi connectivity index (χ1v) is 4.99. The Morgan fingerprint density at radius 3 is 2.93 bits per heavy atom. The van der Waals surface area contributed by atoms with E-state index in [4.69, 9.17) is 4.74 Å². The summed E-state index contributed by atoms with van der Waals surface area (Å²) in [6.07, 6.45) is 4.01. The number of hydrogen-bond acceptors (Lipinski definition) is 3. The van der Waals surface area contributed by atoms with E-state index >= 15 is 0 Å². The van der Waals surface area contributed by atoms with Crippen molar-refractivity contribution in [1.82, 2.24) is 10.3 Å². The molecular formula is C11H18N2O. The highest BCUT2D eigenvalue weighted by atomic mass is 16.5. The highest BCUT2D eigenvalue weighted by Gasteiger charge is 2.13. The van der Waals surface area contributed by atoms with Gasteiger partial charge in [0.2, 0.25) is 0 Å². The lowest BCUT2D eigenvalue weighted by Crippen LogP contribution is -2.18. The maximum atomic E-state index is 5.27. The largest absolute Gasteiger partial charge is 0.495 e. The molecule has 0 spiro atoms. The molecular weight excluding hydrogens is 176 g/mol. The number of nitrogens with one attached hydrogen (secondary N) is 1. The first-order valence-electron chi connectivity index (χ1n) is 4.99. The van der Waals surface area contributed by atoms with Gasteiger partial charge in [-0.1, -0.05) is 13.3 Å². The summed E-state index contributed by atoms with van der Waals surface area (Å²) in [5.74, 6) is 0.861. The summed E-state index contributed by atoms with van der Waals surface area (Å²) in [5.41, 5.74) is 0.999. The zero-order chi connectivity index (χ0) is 10.4. The topological polar surface area (TPSA) is 34.2 Å². The van der Waals surface area contributed by atoms with Crippen LogP contribution in [0.3, 0.4) is 0 Å². The molecule has 1 unspecified atom stereocenters. The van der Waals surface area contributed by atoms with Gasteiger partial charge in [-0.3, -0.25) is 4.98 Å². The van der Waals surface area contributed by atoms with Crippen molar-refractivity contribution >= 4 is 0 Å². The lowest BCUT2D eigenvalue weighted by Gasteiger charge is -2.16. The van der Waals surface area contributed by atoms with Gasteiger partial charge in [0.15, 0.2) is 0 Å². The molecule has 1 heterocycles. The van der Waals surface area contributed by atoms with Crippen LogP contribution >= 0.6 is 0 Å². The number of nitrogens with zero attached hydrogens (tertiary/aromatic N) is 1. The molecule has 78 valence electrons. The summed E-state index contributed by atoms with van der Waals surface area (Å²) in [5, 5.41) is 3.25. The van der Waals surface area contributed by atoms with Gasteiger partial charge in [0.1, 0.15) is 5.75 Å². The summed E-state index contributed by atoms with van der Waals surface area (Å²) < 4.78 is 5.27. The van der Waals surface area contributed by atoms with Crippen LogP contribution in [-0.2, 0) is 0 Å².